The van der Waals surface area contributed by atoms with E-state index in [0.717, 1.165) is 37.1 Å². The fourth-order valence-electron chi connectivity index (χ4n) is 3.26. The SMILES string of the molecule is COc1cccc([C@@]2(O)CCCC[C@H]2C[NH+](C)C)c1. The predicted octanol–water partition coefficient (Wildman–Crippen LogP) is 1.22. The van der Waals surface area contributed by atoms with E-state index in [1.165, 1.54) is 11.3 Å². The highest BCUT2D eigenvalue weighted by molar-refractivity contribution is 5.33. The van der Waals surface area contributed by atoms with Crippen LogP contribution in [0.3, 0.4) is 0 Å². The van der Waals surface area contributed by atoms with Gasteiger partial charge in [0.2, 0.25) is 0 Å². The first-order valence-corrected chi connectivity index (χ1v) is 7.22. The predicted molar refractivity (Wildman–Crippen MR) is 76.5 cm³/mol. The van der Waals surface area contributed by atoms with Crippen molar-refractivity contribution in [2.75, 3.05) is 27.7 Å². The van der Waals surface area contributed by atoms with E-state index in [2.05, 4.69) is 14.1 Å². The summed E-state index contributed by atoms with van der Waals surface area (Å²) in [6, 6.07) is 7.93. The van der Waals surface area contributed by atoms with Crippen LogP contribution in [0.15, 0.2) is 24.3 Å². The van der Waals surface area contributed by atoms with Crippen LogP contribution in [-0.4, -0.2) is 32.9 Å². The average Bonchev–Trinajstić information content (AvgIpc) is 2.41. The molecule has 106 valence electrons. The number of benzene rings is 1. The summed E-state index contributed by atoms with van der Waals surface area (Å²) in [5.74, 6) is 1.16. The Hall–Kier alpha value is -1.06. The van der Waals surface area contributed by atoms with Crippen molar-refractivity contribution in [3.63, 3.8) is 0 Å². The third kappa shape index (κ3) is 3.10. The monoisotopic (exact) mass is 264 g/mol. The van der Waals surface area contributed by atoms with E-state index in [1.807, 2.05) is 24.3 Å². The van der Waals surface area contributed by atoms with Crippen LogP contribution in [-0.2, 0) is 5.60 Å². The molecular weight excluding hydrogens is 238 g/mol. The third-order valence-corrected chi connectivity index (χ3v) is 4.26. The van der Waals surface area contributed by atoms with Crippen molar-refractivity contribution in [1.29, 1.82) is 0 Å². The van der Waals surface area contributed by atoms with Gasteiger partial charge >= 0.3 is 0 Å². The first-order chi connectivity index (χ1) is 9.06. The van der Waals surface area contributed by atoms with Gasteiger partial charge in [0.15, 0.2) is 0 Å². The van der Waals surface area contributed by atoms with E-state index in [0.29, 0.717) is 5.92 Å². The zero-order valence-electron chi connectivity index (χ0n) is 12.3. The summed E-state index contributed by atoms with van der Waals surface area (Å²) >= 11 is 0. The number of aliphatic hydroxyl groups is 1. The zero-order valence-corrected chi connectivity index (χ0v) is 12.3. The van der Waals surface area contributed by atoms with Gasteiger partial charge in [0, 0.05) is 5.92 Å². The minimum atomic E-state index is -0.690. The lowest BCUT2D eigenvalue weighted by Crippen LogP contribution is -3.06. The normalized spacial score (nSPS) is 27.5. The molecule has 0 bridgehead atoms. The Morgan fingerprint density at radius 2 is 2.16 bits per heavy atom. The van der Waals surface area contributed by atoms with Crippen LogP contribution >= 0.6 is 0 Å². The molecule has 2 atom stereocenters. The molecule has 0 aromatic heterocycles. The largest absolute Gasteiger partial charge is 0.497 e. The molecule has 0 radical (unpaired) electrons. The van der Waals surface area contributed by atoms with Gasteiger partial charge in [-0.3, -0.25) is 0 Å². The molecule has 0 aliphatic heterocycles. The standard InChI is InChI=1S/C16H25NO2/c1-17(2)12-14-7-4-5-10-16(14,18)13-8-6-9-15(11-13)19-3/h6,8-9,11,14,18H,4-5,7,10,12H2,1-3H3/p+1/t14-,16-/m0/s1. The zero-order chi connectivity index (χ0) is 13.9. The maximum Gasteiger partial charge on any atom is 0.119 e. The van der Waals surface area contributed by atoms with E-state index >= 15 is 0 Å². The number of quaternary nitrogens is 1. The van der Waals surface area contributed by atoms with Gasteiger partial charge in [-0.15, -0.1) is 0 Å². The highest BCUT2D eigenvalue weighted by Gasteiger charge is 2.41. The van der Waals surface area contributed by atoms with Crippen LogP contribution in [0.4, 0.5) is 0 Å². The molecule has 1 saturated carbocycles. The van der Waals surface area contributed by atoms with Crippen molar-refractivity contribution < 1.29 is 14.7 Å². The third-order valence-electron chi connectivity index (χ3n) is 4.26. The van der Waals surface area contributed by atoms with Crippen molar-refractivity contribution >= 4 is 0 Å². The van der Waals surface area contributed by atoms with Crippen molar-refractivity contribution in [3.05, 3.63) is 29.8 Å². The van der Waals surface area contributed by atoms with E-state index in [1.54, 1.807) is 7.11 Å². The molecule has 1 aromatic rings. The summed E-state index contributed by atoms with van der Waals surface area (Å²) in [6.45, 7) is 1.01. The van der Waals surface area contributed by atoms with Crippen LogP contribution < -0.4 is 9.64 Å². The van der Waals surface area contributed by atoms with Crippen molar-refractivity contribution in [2.24, 2.45) is 5.92 Å². The Morgan fingerprint density at radius 1 is 1.37 bits per heavy atom. The molecule has 1 aliphatic rings. The summed E-state index contributed by atoms with van der Waals surface area (Å²) in [7, 11) is 5.98. The average molecular weight is 264 g/mol. The van der Waals surface area contributed by atoms with Gasteiger partial charge in [-0.1, -0.05) is 25.0 Å². The van der Waals surface area contributed by atoms with E-state index < -0.39 is 5.60 Å². The molecular formula is C16H26NO2+. The number of ether oxygens (including phenoxy) is 1. The fraction of sp³-hybridized carbons (Fsp3) is 0.625. The molecule has 0 spiro atoms. The first kappa shape index (κ1) is 14.4. The lowest BCUT2D eigenvalue weighted by atomic mass is 9.71. The Morgan fingerprint density at radius 3 is 2.84 bits per heavy atom. The molecule has 3 heteroatoms. The van der Waals surface area contributed by atoms with E-state index in [4.69, 9.17) is 4.74 Å². The second-order valence-corrected chi connectivity index (χ2v) is 6.01. The maximum absolute atomic E-state index is 11.2. The first-order valence-electron chi connectivity index (χ1n) is 7.22. The van der Waals surface area contributed by atoms with E-state index in [-0.39, 0.29) is 0 Å². The molecule has 1 aromatic carbocycles. The molecule has 1 fully saturated rings. The van der Waals surface area contributed by atoms with Crippen LogP contribution in [0, 0.1) is 5.92 Å². The molecule has 1 aliphatic carbocycles. The topological polar surface area (TPSA) is 33.9 Å². The van der Waals surface area contributed by atoms with Crippen molar-refractivity contribution in [2.45, 2.75) is 31.3 Å². The van der Waals surface area contributed by atoms with Crippen LogP contribution in [0.1, 0.15) is 31.2 Å². The molecule has 2 rings (SSSR count). The second-order valence-electron chi connectivity index (χ2n) is 6.01. The summed E-state index contributed by atoms with van der Waals surface area (Å²) in [4.78, 5) is 1.40. The van der Waals surface area contributed by atoms with Crippen LogP contribution in [0.5, 0.6) is 5.75 Å². The molecule has 0 saturated heterocycles. The lowest BCUT2D eigenvalue weighted by Gasteiger charge is -2.40. The van der Waals surface area contributed by atoms with Gasteiger partial charge in [0.05, 0.1) is 33.4 Å². The molecule has 3 nitrogen and oxygen atoms in total. The summed E-state index contributed by atoms with van der Waals surface area (Å²) in [5, 5.41) is 11.2. The van der Waals surface area contributed by atoms with Crippen LogP contribution in [0.25, 0.3) is 0 Å². The maximum atomic E-state index is 11.2. The summed E-state index contributed by atoms with van der Waals surface area (Å²) in [6.07, 6.45) is 4.30. The van der Waals surface area contributed by atoms with Crippen molar-refractivity contribution in [1.82, 2.24) is 0 Å². The van der Waals surface area contributed by atoms with E-state index in [9.17, 15) is 5.11 Å². The molecule has 19 heavy (non-hydrogen) atoms. The highest BCUT2D eigenvalue weighted by Crippen LogP contribution is 2.41. The second kappa shape index (κ2) is 5.93. The Bertz CT molecular complexity index is 419. The Kier molecular flexibility index (Phi) is 4.48. The van der Waals surface area contributed by atoms with Gasteiger partial charge in [-0.05, 0) is 30.5 Å². The fourth-order valence-corrected chi connectivity index (χ4v) is 3.26. The number of methoxy groups -OCH3 is 1. The molecule has 0 heterocycles. The van der Waals surface area contributed by atoms with Gasteiger partial charge in [0.1, 0.15) is 5.75 Å². The number of rotatable bonds is 4. The number of hydrogen-bond donors (Lipinski definition) is 2. The van der Waals surface area contributed by atoms with Gasteiger partial charge < -0.3 is 14.7 Å². The molecule has 0 amide bonds. The van der Waals surface area contributed by atoms with Crippen molar-refractivity contribution in [3.8, 4) is 5.75 Å². The Labute approximate surface area is 116 Å². The summed E-state index contributed by atoms with van der Waals surface area (Å²) < 4.78 is 5.29. The molecule has 2 N–H and O–H groups in total. The highest BCUT2D eigenvalue weighted by atomic mass is 16.5. The Balaban J connectivity index is 2.30. The quantitative estimate of drug-likeness (QED) is 0.857. The van der Waals surface area contributed by atoms with Gasteiger partial charge in [-0.2, -0.15) is 0 Å². The smallest absolute Gasteiger partial charge is 0.119 e. The van der Waals surface area contributed by atoms with Gasteiger partial charge in [-0.25, -0.2) is 0 Å². The van der Waals surface area contributed by atoms with Gasteiger partial charge in [0.25, 0.3) is 0 Å². The lowest BCUT2D eigenvalue weighted by molar-refractivity contribution is -0.863. The number of hydrogen-bond acceptors (Lipinski definition) is 2. The number of nitrogens with one attached hydrogen (secondary N) is 1. The molecule has 0 unspecified atom stereocenters. The van der Waals surface area contributed by atoms with Crippen LogP contribution in [0.2, 0.25) is 0 Å². The summed E-state index contributed by atoms with van der Waals surface area (Å²) in [5.41, 5.74) is 0.321. The minimum Gasteiger partial charge on any atom is -0.497 e. The minimum absolute atomic E-state index is 0.332.